The molecule has 4 aromatic rings. The molecule has 1 fully saturated rings. The maximum absolute atomic E-state index is 13.2. The molecule has 0 radical (unpaired) electrons. The molecular weight excluding hydrogens is 631 g/mol. The number of imidazole rings is 1. The van der Waals surface area contributed by atoms with Gasteiger partial charge in [-0.3, -0.25) is 9.36 Å². The summed E-state index contributed by atoms with van der Waals surface area (Å²) >= 11 is 0.394. The molecule has 4 heterocycles. The maximum atomic E-state index is 13.2. The number of hydrogen-bond acceptors (Lipinski definition) is 11. The number of fused-ring (bicyclic) bond motifs is 1. The Morgan fingerprint density at radius 3 is 2.30 bits per heavy atom. The summed E-state index contributed by atoms with van der Waals surface area (Å²) in [5, 5.41) is 46.0. The highest BCUT2D eigenvalue weighted by Gasteiger charge is 2.34. The number of alkyl halides is 3. The van der Waals surface area contributed by atoms with Crippen LogP contribution in [0, 0.1) is 0 Å². The number of hydrogen-bond donors (Lipinski definition) is 6. The van der Waals surface area contributed by atoms with Gasteiger partial charge in [-0.25, -0.2) is 24.3 Å². The third-order valence-electron chi connectivity index (χ3n) is 6.89. The third-order valence-corrected chi connectivity index (χ3v) is 7.95. The topological polar surface area (TPSA) is 188 Å². The molecule has 0 bridgehead atoms. The standard InChI is InChI=1S/C27H30F3N7O6S.C2H4/c1-25(2,40)14-9-16(23-32-13-19(44-23)26(28,29)30)34-21(10-14)35-20-11-17-18(12-31-20)37(27(41,42)43)24(39)36(17)8-4-3-5-22(38)33-15-6-7-15;1-2/h9-13,15,40-43H,3-8H2,1-2H3,(H,33,38)(H,31,34,35);1-2H2. The molecule has 1 saturated carbocycles. The molecule has 248 valence electrons. The monoisotopic (exact) mass is 665 g/mol. The quantitative estimate of drug-likeness (QED) is 0.0786. The van der Waals surface area contributed by atoms with E-state index in [4.69, 9.17) is 0 Å². The van der Waals surface area contributed by atoms with Gasteiger partial charge in [-0.15, -0.1) is 24.5 Å². The van der Waals surface area contributed by atoms with Gasteiger partial charge >= 0.3 is 18.0 Å². The molecule has 0 spiro atoms. The Bertz CT molecular complexity index is 1770. The smallest absolute Gasteiger partial charge is 0.386 e. The van der Waals surface area contributed by atoms with Gasteiger partial charge in [-0.2, -0.15) is 13.2 Å². The highest BCUT2D eigenvalue weighted by Crippen LogP contribution is 2.37. The maximum Gasteiger partial charge on any atom is 0.427 e. The number of nitrogens with zero attached hydrogens (tertiary/aromatic N) is 5. The average molecular weight is 666 g/mol. The highest BCUT2D eigenvalue weighted by atomic mass is 32.1. The van der Waals surface area contributed by atoms with E-state index in [-0.39, 0.29) is 58.3 Å². The summed E-state index contributed by atoms with van der Waals surface area (Å²) in [6, 6.07) is 4.51. The van der Waals surface area contributed by atoms with Crippen LogP contribution in [0.1, 0.15) is 56.4 Å². The van der Waals surface area contributed by atoms with Gasteiger partial charge in [0.05, 0.1) is 29.0 Å². The molecule has 0 aliphatic heterocycles. The minimum Gasteiger partial charge on any atom is -0.386 e. The van der Waals surface area contributed by atoms with Crippen LogP contribution in [0.25, 0.3) is 21.7 Å². The predicted octanol–water partition coefficient (Wildman–Crippen LogP) is 3.50. The number of unbranched alkanes of at least 4 members (excludes halogenated alkanes) is 1. The van der Waals surface area contributed by atoms with Gasteiger partial charge < -0.3 is 31.1 Å². The summed E-state index contributed by atoms with van der Waals surface area (Å²) in [6.07, 6.45) is -3.31. The first-order chi connectivity index (χ1) is 21.5. The van der Waals surface area contributed by atoms with E-state index in [1.165, 1.54) is 36.6 Å². The number of aliphatic hydroxyl groups is 4. The number of anilines is 2. The van der Waals surface area contributed by atoms with Crippen molar-refractivity contribution in [2.45, 2.75) is 76.4 Å². The predicted molar refractivity (Wildman–Crippen MR) is 164 cm³/mol. The Morgan fingerprint density at radius 2 is 1.72 bits per heavy atom. The second-order valence-electron chi connectivity index (χ2n) is 11.1. The van der Waals surface area contributed by atoms with E-state index in [9.17, 15) is 43.2 Å². The molecule has 1 amide bonds. The van der Waals surface area contributed by atoms with Gasteiger partial charge in [-0.05, 0) is 57.2 Å². The van der Waals surface area contributed by atoms with E-state index < -0.39 is 28.4 Å². The van der Waals surface area contributed by atoms with Crippen LogP contribution < -0.4 is 16.3 Å². The van der Waals surface area contributed by atoms with Crippen LogP contribution in [0.2, 0.25) is 0 Å². The summed E-state index contributed by atoms with van der Waals surface area (Å²) in [5.41, 5.74) is -1.92. The number of aryl methyl sites for hydroxylation is 1. The van der Waals surface area contributed by atoms with Crippen LogP contribution in [-0.2, 0) is 29.2 Å². The summed E-state index contributed by atoms with van der Waals surface area (Å²) < 4.78 is 41.1. The summed E-state index contributed by atoms with van der Waals surface area (Å²) in [4.78, 5) is 36.6. The van der Waals surface area contributed by atoms with Crippen molar-refractivity contribution in [3.8, 4) is 10.7 Å². The molecular formula is C29H34F3N7O6S. The number of carbonyl (C=O) groups is 1. The minimum absolute atomic E-state index is 0.0307. The number of halogens is 3. The Hall–Kier alpha value is -4.16. The van der Waals surface area contributed by atoms with Crippen LogP contribution in [0.4, 0.5) is 24.8 Å². The van der Waals surface area contributed by atoms with Crippen molar-refractivity contribution >= 4 is 39.9 Å². The number of nitrogens with one attached hydrogen (secondary N) is 2. The van der Waals surface area contributed by atoms with Crippen LogP contribution >= 0.6 is 11.3 Å². The van der Waals surface area contributed by atoms with E-state index in [1.807, 2.05) is 0 Å². The lowest BCUT2D eigenvalue weighted by Crippen LogP contribution is -2.41. The fourth-order valence-electron chi connectivity index (χ4n) is 4.52. The Morgan fingerprint density at radius 1 is 1.02 bits per heavy atom. The van der Waals surface area contributed by atoms with Crippen molar-refractivity contribution in [2.24, 2.45) is 0 Å². The van der Waals surface area contributed by atoms with Crippen molar-refractivity contribution in [3.63, 3.8) is 0 Å². The van der Waals surface area contributed by atoms with Gasteiger partial charge in [0.25, 0.3) is 0 Å². The number of pyridine rings is 2. The molecule has 1 aliphatic rings. The normalized spacial score (nSPS) is 13.8. The largest absolute Gasteiger partial charge is 0.427 e. The third kappa shape index (κ3) is 8.16. The summed E-state index contributed by atoms with van der Waals surface area (Å²) in [5.74, 6) is 0.102. The Balaban J connectivity index is 0.00000235. The molecule has 17 heteroatoms. The lowest BCUT2D eigenvalue weighted by molar-refractivity contribution is -0.374. The van der Waals surface area contributed by atoms with Gasteiger partial charge in [-0.1, -0.05) is 0 Å². The second kappa shape index (κ2) is 13.3. The Kier molecular flexibility index (Phi) is 10.0. The zero-order valence-electron chi connectivity index (χ0n) is 25.0. The van der Waals surface area contributed by atoms with Gasteiger partial charge in [0, 0.05) is 25.1 Å². The van der Waals surface area contributed by atoms with E-state index in [2.05, 4.69) is 38.7 Å². The number of aromatic nitrogens is 5. The lowest BCUT2D eigenvalue weighted by Gasteiger charge is -2.19. The van der Waals surface area contributed by atoms with Crippen molar-refractivity contribution in [1.82, 2.24) is 29.4 Å². The van der Waals surface area contributed by atoms with E-state index >= 15 is 0 Å². The van der Waals surface area contributed by atoms with E-state index in [0.717, 1.165) is 19.0 Å². The number of carbonyl (C=O) groups excluding carboxylic acids is 1. The van der Waals surface area contributed by atoms with Crippen LogP contribution in [0.5, 0.6) is 0 Å². The number of rotatable bonds is 11. The molecule has 0 saturated heterocycles. The first-order valence-electron chi connectivity index (χ1n) is 14.1. The van der Waals surface area contributed by atoms with Crippen LogP contribution in [0.3, 0.4) is 0 Å². The molecule has 1 aliphatic carbocycles. The minimum atomic E-state index is -4.59. The van der Waals surface area contributed by atoms with Crippen LogP contribution in [0.15, 0.2) is 48.5 Å². The zero-order chi connectivity index (χ0) is 34.0. The SMILES string of the molecule is C=C.CC(C)(O)c1cc(Nc2cc3c(cn2)n(C(O)(O)O)c(=O)n3CCCCC(=O)NC2CC2)nc(-c2ncc(C(F)(F)F)s2)c1. The van der Waals surface area contributed by atoms with Crippen molar-refractivity contribution < 1.29 is 38.4 Å². The molecule has 0 aromatic carbocycles. The molecule has 5 rings (SSSR count). The summed E-state index contributed by atoms with van der Waals surface area (Å²) in [7, 11) is 0. The molecule has 6 N–H and O–H groups in total. The van der Waals surface area contributed by atoms with Crippen LogP contribution in [-0.4, -0.2) is 56.5 Å². The average Bonchev–Trinajstić information content (AvgIpc) is 3.52. The number of amides is 1. The van der Waals surface area contributed by atoms with Gasteiger partial charge in [0.1, 0.15) is 27.2 Å². The molecule has 0 unspecified atom stereocenters. The van der Waals surface area contributed by atoms with Gasteiger partial charge in [0.2, 0.25) is 5.91 Å². The first-order valence-corrected chi connectivity index (χ1v) is 15.0. The molecule has 46 heavy (non-hydrogen) atoms. The fraction of sp³-hybridized carbons (Fsp3) is 0.414. The fourth-order valence-corrected chi connectivity index (χ4v) is 5.27. The lowest BCUT2D eigenvalue weighted by atomic mass is 9.98. The second-order valence-corrected chi connectivity index (χ2v) is 12.1. The molecule has 0 atom stereocenters. The molecule has 4 aromatic heterocycles. The highest BCUT2D eigenvalue weighted by molar-refractivity contribution is 7.15. The number of thiazole rings is 1. The zero-order valence-corrected chi connectivity index (χ0v) is 25.8. The van der Waals surface area contributed by atoms with Gasteiger partial charge in [0.15, 0.2) is 0 Å². The first kappa shape index (κ1) is 34.7. The van der Waals surface area contributed by atoms with Crippen molar-refractivity contribution in [2.75, 3.05) is 5.32 Å². The van der Waals surface area contributed by atoms with Crippen molar-refractivity contribution in [1.29, 1.82) is 0 Å². The molecule has 13 nitrogen and oxygen atoms in total. The van der Waals surface area contributed by atoms with E-state index in [1.54, 1.807) is 0 Å². The Labute approximate surface area is 264 Å². The van der Waals surface area contributed by atoms with Crippen molar-refractivity contribution in [3.05, 3.63) is 64.7 Å². The van der Waals surface area contributed by atoms with E-state index in [0.29, 0.717) is 40.5 Å². The summed E-state index contributed by atoms with van der Waals surface area (Å²) in [6.45, 7) is 9.05.